The fourth-order valence-electron chi connectivity index (χ4n) is 3.90. The van der Waals surface area contributed by atoms with Crippen molar-refractivity contribution >= 4 is 29.7 Å². The summed E-state index contributed by atoms with van der Waals surface area (Å²) in [6.45, 7) is 7.49. The first-order valence-electron chi connectivity index (χ1n) is 12.9. The van der Waals surface area contributed by atoms with Crippen LogP contribution in [0.2, 0.25) is 0 Å². The topological polar surface area (TPSA) is 106 Å². The molecule has 2 aliphatic rings. The minimum Gasteiger partial charge on any atom is -0.458 e. The van der Waals surface area contributed by atoms with E-state index in [1.165, 1.54) is 18.7 Å². The predicted octanol–water partition coefficient (Wildman–Crippen LogP) is 5.63. The molecular weight excluding hydrogens is 508 g/mol. The molecule has 0 fully saturated rings. The van der Waals surface area contributed by atoms with Crippen LogP contribution in [-0.4, -0.2) is 37.2 Å². The van der Waals surface area contributed by atoms with Gasteiger partial charge in [-0.05, 0) is 68.5 Å². The summed E-state index contributed by atoms with van der Waals surface area (Å²) in [5.41, 5.74) is 3.74. The lowest BCUT2D eigenvalue weighted by molar-refractivity contribution is -0.160. The van der Waals surface area contributed by atoms with Crippen LogP contribution in [0.1, 0.15) is 38.2 Å². The van der Waals surface area contributed by atoms with E-state index in [4.69, 9.17) is 14.2 Å². The molecule has 8 heteroatoms. The maximum atomic E-state index is 12.8. The zero-order valence-corrected chi connectivity index (χ0v) is 22.5. The number of hydrogen-bond acceptors (Lipinski definition) is 8. The van der Waals surface area contributed by atoms with Crippen LogP contribution in [0.5, 0.6) is 0 Å². The standard InChI is InChI=1S/C32H32N2O6/c1-4-30(35)38-21-29(22-39-31(36)23(2)3)40-32(37)25(20-33)19-24-15-17-28(18-16-24)34(26-11-7-5-8-12-26)27-13-9-6-10-14-27/h4-5,7,9,11,13-19,29H,1-2,6,8,10,12,21-22H2,3H3/b25-19+. The fraction of sp³-hybridized carbons (Fsp3) is 0.250. The summed E-state index contributed by atoms with van der Waals surface area (Å²) in [4.78, 5) is 38.3. The van der Waals surface area contributed by atoms with Crippen LogP contribution in [0.25, 0.3) is 6.08 Å². The van der Waals surface area contributed by atoms with Crippen LogP contribution >= 0.6 is 0 Å². The van der Waals surface area contributed by atoms with E-state index in [0.717, 1.165) is 43.1 Å². The van der Waals surface area contributed by atoms with Gasteiger partial charge < -0.3 is 19.1 Å². The molecular formula is C32H32N2O6. The minimum atomic E-state index is -1.14. The van der Waals surface area contributed by atoms with Crippen LogP contribution in [0.3, 0.4) is 0 Å². The molecule has 0 N–H and O–H groups in total. The number of carbonyl (C=O) groups excluding carboxylic acids is 3. The number of ether oxygens (including phenoxy) is 3. The average molecular weight is 541 g/mol. The van der Waals surface area contributed by atoms with Crippen LogP contribution in [0.4, 0.5) is 5.69 Å². The maximum absolute atomic E-state index is 12.8. The van der Waals surface area contributed by atoms with Crippen LogP contribution in [0.15, 0.2) is 102 Å². The Hall–Kier alpha value is -4.90. The zero-order chi connectivity index (χ0) is 28.9. The van der Waals surface area contributed by atoms with Gasteiger partial charge in [0, 0.05) is 28.7 Å². The lowest BCUT2D eigenvalue weighted by Crippen LogP contribution is -2.31. The molecule has 0 saturated heterocycles. The highest BCUT2D eigenvalue weighted by Gasteiger charge is 2.22. The largest absolute Gasteiger partial charge is 0.458 e. The van der Waals surface area contributed by atoms with Gasteiger partial charge in [-0.2, -0.15) is 5.26 Å². The van der Waals surface area contributed by atoms with Crippen molar-refractivity contribution in [1.82, 2.24) is 0 Å². The summed E-state index contributed by atoms with van der Waals surface area (Å²) >= 11 is 0. The smallest absolute Gasteiger partial charge is 0.349 e. The number of anilines is 1. The molecule has 0 aromatic heterocycles. The molecule has 0 amide bonds. The highest BCUT2D eigenvalue weighted by Crippen LogP contribution is 2.31. The maximum Gasteiger partial charge on any atom is 0.349 e. The van der Waals surface area contributed by atoms with Crippen LogP contribution in [0, 0.1) is 11.3 Å². The van der Waals surface area contributed by atoms with E-state index in [2.05, 4.69) is 54.5 Å². The number of benzene rings is 1. The predicted molar refractivity (Wildman–Crippen MR) is 152 cm³/mol. The second-order valence-electron chi connectivity index (χ2n) is 9.07. The molecule has 0 radical (unpaired) electrons. The highest BCUT2D eigenvalue weighted by molar-refractivity contribution is 5.98. The van der Waals surface area contributed by atoms with E-state index < -0.39 is 30.6 Å². The monoisotopic (exact) mass is 540 g/mol. The average Bonchev–Trinajstić information content (AvgIpc) is 2.98. The Morgan fingerprint density at radius 3 is 2.42 bits per heavy atom. The van der Waals surface area contributed by atoms with Gasteiger partial charge in [0.05, 0.1) is 0 Å². The molecule has 40 heavy (non-hydrogen) atoms. The van der Waals surface area contributed by atoms with Gasteiger partial charge in [-0.25, -0.2) is 14.4 Å². The Labute approximate surface area is 234 Å². The lowest BCUT2D eigenvalue weighted by atomic mass is 10.0. The van der Waals surface area contributed by atoms with Crippen molar-refractivity contribution in [2.75, 3.05) is 18.1 Å². The Morgan fingerprint density at radius 2 is 1.82 bits per heavy atom. The van der Waals surface area contributed by atoms with Gasteiger partial charge in [0.25, 0.3) is 0 Å². The highest BCUT2D eigenvalue weighted by atomic mass is 16.6. The molecule has 0 spiro atoms. The Bertz CT molecular complexity index is 1340. The molecule has 3 rings (SSSR count). The van der Waals surface area contributed by atoms with Gasteiger partial charge in [-0.15, -0.1) is 0 Å². The summed E-state index contributed by atoms with van der Waals surface area (Å²) in [7, 11) is 0. The van der Waals surface area contributed by atoms with Crippen molar-refractivity contribution < 1.29 is 28.6 Å². The normalized spacial score (nSPS) is 15.1. The van der Waals surface area contributed by atoms with E-state index >= 15 is 0 Å². The second-order valence-corrected chi connectivity index (χ2v) is 9.07. The van der Waals surface area contributed by atoms with E-state index in [9.17, 15) is 19.6 Å². The third-order valence-corrected chi connectivity index (χ3v) is 5.92. The van der Waals surface area contributed by atoms with Gasteiger partial charge in [-0.3, -0.25) is 0 Å². The summed E-state index contributed by atoms with van der Waals surface area (Å²) in [6, 6.07) is 9.35. The van der Waals surface area contributed by atoms with Gasteiger partial charge in [0.1, 0.15) is 24.9 Å². The van der Waals surface area contributed by atoms with Crippen molar-refractivity contribution in [2.45, 2.75) is 38.7 Å². The molecule has 0 heterocycles. The first-order chi connectivity index (χ1) is 19.3. The van der Waals surface area contributed by atoms with Gasteiger partial charge in [0.2, 0.25) is 0 Å². The molecule has 206 valence electrons. The second kappa shape index (κ2) is 14.9. The van der Waals surface area contributed by atoms with Crippen molar-refractivity contribution in [3.63, 3.8) is 0 Å². The first kappa shape index (κ1) is 29.7. The molecule has 1 unspecified atom stereocenters. The molecule has 0 saturated carbocycles. The number of esters is 3. The van der Waals surface area contributed by atoms with Gasteiger partial charge in [0.15, 0.2) is 6.10 Å². The SMILES string of the molecule is C=CC(=O)OCC(COC(=O)C(=C)C)OC(=O)/C(C#N)=C/c1ccc(N(C2=CCCC=C2)C2=CC=CCC2)cc1. The first-order valence-corrected chi connectivity index (χ1v) is 12.9. The number of nitrogens with zero attached hydrogens (tertiary/aromatic N) is 2. The molecule has 2 aliphatic carbocycles. The van der Waals surface area contributed by atoms with Gasteiger partial charge in [-0.1, -0.05) is 49.6 Å². The quantitative estimate of drug-likeness (QED) is 0.145. The Balaban J connectivity index is 1.77. The number of hydrogen-bond donors (Lipinski definition) is 0. The minimum absolute atomic E-state index is 0.153. The molecule has 1 aromatic carbocycles. The molecule has 1 aromatic rings. The molecule has 0 aliphatic heterocycles. The van der Waals surface area contributed by atoms with Crippen molar-refractivity contribution in [3.05, 3.63) is 108 Å². The molecule has 0 bridgehead atoms. The van der Waals surface area contributed by atoms with E-state index in [1.54, 1.807) is 0 Å². The van der Waals surface area contributed by atoms with Crippen molar-refractivity contribution in [1.29, 1.82) is 5.26 Å². The fourth-order valence-corrected chi connectivity index (χ4v) is 3.90. The number of rotatable bonds is 12. The van der Waals surface area contributed by atoms with Crippen molar-refractivity contribution in [2.24, 2.45) is 0 Å². The van der Waals surface area contributed by atoms with Crippen molar-refractivity contribution in [3.8, 4) is 6.07 Å². The van der Waals surface area contributed by atoms with Gasteiger partial charge >= 0.3 is 17.9 Å². The number of allylic oxidation sites excluding steroid dienone is 7. The summed E-state index contributed by atoms with van der Waals surface area (Å²) in [5, 5.41) is 9.65. The summed E-state index contributed by atoms with van der Waals surface area (Å²) in [5.74, 6) is -2.38. The number of carbonyl (C=O) groups is 3. The third kappa shape index (κ3) is 8.57. The summed E-state index contributed by atoms with van der Waals surface area (Å²) < 4.78 is 15.3. The Kier molecular flexibility index (Phi) is 11.0. The van der Waals surface area contributed by atoms with Crippen LogP contribution in [-0.2, 0) is 28.6 Å². The molecule has 8 nitrogen and oxygen atoms in total. The summed E-state index contributed by atoms with van der Waals surface area (Å²) in [6.07, 6.45) is 17.9. The Morgan fingerprint density at radius 1 is 1.07 bits per heavy atom. The van der Waals surface area contributed by atoms with E-state index in [0.29, 0.717) is 5.56 Å². The molecule has 1 atom stereocenters. The van der Waals surface area contributed by atoms with E-state index in [-0.39, 0.29) is 17.8 Å². The van der Waals surface area contributed by atoms with Crippen LogP contribution < -0.4 is 4.90 Å². The third-order valence-electron chi connectivity index (χ3n) is 5.92. The zero-order valence-electron chi connectivity index (χ0n) is 22.5. The number of nitriles is 1. The lowest BCUT2D eigenvalue weighted by Gasteiger charge is -2.30. The van der Waals surface area contributed by atoms with E-state index in [1.807, 2.05) is 30.3 Å².